The van der Waals surface area contributed by atoms with Crippen LogP contribution >= 0.6 is 0 Å². The summed E-state index contributed by atoms with van der Waals surface area (Å²) in [5, 5.41) is 0. The maximum Gasteiger partial charge on any atom is 0.342 e. The Morgan fingerprint density at radius 3 is 2.31 bits per heavy atom. The summed E-state index contributed by atoms with van der Waals surface area (Å²) in [6, 6.07) is 16.7. The Balaban J connectivity index is 2.13. The van der Waals surface area contributed by atoms with Crippen LogP contribution in [0, 0.1) is 0 Å². The summed E-state index contributed by atoms with van der Waals surface area (Å²) in [5.41, 5.74) is 1.95. The monoisotopic (exact) mass is 352 g/mol. The maximum atomic E-state index is 12.4. The van der Waals surface area contributed by atoms with E-state index in [0.29, 0.717) is 34.1 Å². The lowest BCUT2D eigenvalue weighted by Gasteiger charge is -2.09. The average molecular weight is 352 g/mol. The molecule has 0 atom stereocenters. The Morgan fingerprint density at radius 1 is 0.923 bits per heavy atom. The highest BCUT2D eigenvalue weighted by Crippen LogP contribution is 2.37. The second kappa shape index (κ2) is 7.78. The Labute approximate surface area is 152 Å². The fourth-order valence-corrected chi connectivity index (χ4v) is 2.69. The molecule has 2 aromatic carbocycles. The van der Waals surface area contributed by atoms with Crippen LogP contribution in [0.1, 0.15) is 17.3 Å². The van der Waals surface area contributed by atoms with Gasteiger partial charge >= 0.3 is 5.97 Å². The molecule has 0 bridgehead atoms. The fraction of sp³-hybridized carbons (Fsp3) is 0.190. The zero-order valence-corrected chi connectivity index (χ0v) is 14.9. The van der Waals surface area contributed by atoms with E-state index in [-0.39, 0.29) is 6.61 Å². The summed E-state index contributed by atoms with van der Waals surface area (Å²) >= 11 is 0. The first kappa shape index (κ1) is 17.6. The number of esters is 1. The zero-order chi connectivity index (χ0) is 18.5. The number of hydrogen-bond acceptors (Lipinski definition) is 5. The van der Waals surface area contributed by atoms with E-state index >= 15 is 0 Å². The molecular formula is C21H20O5. The van der Waals surface area contributed by atoms with Crippen molar-refractivity contribution < 1.29 is 23.4 Å². The van der Waals surface area contributed by atoms with Crippen LogP contribution in [0.25, 0.3) is 22.6 Å². The van der Waals surface area contributed by atoms with Gasteiger partial charge in [0.1, 0.15) is 17.1 Å². The van der Waals surface area contributed by atoms with E-state index in [4.69, 9.17) is 18.6 Å². The predicted octanol–water partition coefficient (Wildman–Crippen LogP) is 4.81. The van der Waals surface area contributed by atoms with Crippen molar-refractivity contribution in [3.8, 4) is 34.1 Å². The highest BCUT2D eigenvalue weighted by Gasteiger charge is 2.22. The quantitative estimate of drug-likeness (QED) is 0.596. The van der Waals surface area contributed by atoms with Gasteiger partial charge in [-0.05, 0) is 31.2 Å². The molecule has 3 aromatic rings. The number of rotatable bonds is 6. The Kier molecular flexibility index (Phi) is 5.27. The molecule has 0 unspecified atom stereocenters. The lowest BCUT2D eigenvalue weighted by atomic mass is 10.1. The smallest absolute Gasteiger partial charge is 0.342 e. The summed E-state index contributed by atoms with van der Waals surface area (Å²) < 4.78 is 21.8. The van der Waals surface area contributed by atoms with E-state index < -0.39 is 5.97 Å². The molecule has 0 fully saturated rings. The van der Waals surface area contributed by atoms with E-state index in [0.717, 1.165) is 5.56 Å². The summed E-state index contributed by atoms with van der Waals surface area (Å²) in [5.74, 6) is 1.76. The Morgan fingerprint density at radius 2 is 1.65 bits per heavy atom. The minimum absolute atomic E-state index is 0.288. The molecule has 0 N–H and O–H groups in total. The third-order valence-electron chi connectivity index (χ3n) is 3.93. The van der Waals surface area contributed by atoms with Gasteiger partial charge in [-0.2, -0.15) is 0 Å². The first-order chi connectivity index (χ1) is 12.7. The van der Waals surface area contributed by atoms with Gasteiger partial charge < -0.3 is 18.6 Å². The molecule has 0 saturated carbocycles. The normalized spacial score (nSPS) is 10.4. The first-order valence-corrected chi connectivity index (χ1v) is 8.26. The van der Waals surface area contributed by atoms with E-state index in [1.54, 1.807) is 39.3 Å². The van der Waals surface area contributed by atoms with Crippen LogP contribution in [0.5, 0.6) is 11.5 Å². The van der Waals surface area contributed by atoms with Crippen LogP contribution in [-0.2, 0) is 4.74 Å². The van der Waals surface area contributed by atoms with Gasteiger partial charge in [-0.25, -0.2) is 4.79 Å². The van der Waals surface area contributed by atoms with Crippen LogP contribution < -0.4 is 9.47 Å². The van der Waals surface area contributed by atoms with Gasteiger partial charge in [0.05, 0.1) is 20.8 Å². The zero-order valence-electron chi connectivity index (χ0n) is 14.9. The summed E-state index contributed by atoms with van der Waals surface area (Å²) in [6.07, 6.45) is 0. The molecule has 5 nitrogen and oxygen atoms in total. The van der Waals surface area contributed by atoms with Gasteiger partial charge in [-0.15, -0.1) is 0 Å². The number of carbonyl (C=O) groups is 1. The highest BCUT2D eigenvalue weighted by molar-refractivity contribution is 5.97. The molecule has 134 valence electrons. The number of carbonyl (C=O) groups excluding carboxylic acids is 1. The number of methoxy groups -OCH3 is 2. The minimum Gasteiger partial charge on any atom is -0.493 e. The molecule has 5 heteroatoms. The van der Waals surface area contributed by atoms with Crippen molar-refractivity contribution in [2.75, 3.05) is 20.8 Å². The van der Waals surface area contributed by atoms with Crippen molar-refractivity contribution in [3.63, 3.8) is 0 Å². The number of furan rings is 1. The van der Waals surface area contributed by atoms with E-state index in [2.05, 4.69) is 0 Å². The van der Waals surface area contributed by atoms with Crippen LogP contribution in [-0.4, -0.2) is 26.8 Å². The Bertz CT molecular complexity index is 896. The minimum atomic E-state index is -0.428. The van der Waals surface area contributed by atoms with Gasteiger partial charge in [0.15, 0.2) is 11.5 Å². The van der Waals surface area contributed by atoms with Gasteiger partial charge in [0, 0.05) is 11.1 Å². The number of ether oxygens (including phenoxy) is 3. The molecule has 0 radical (unpaired) electrons. The molecule has 3 rings (SSSR count). The molecular weight excluding hydrogens is 332 g/mol. The van der Waals surface area contributed by atoms with Crippen molar-refractivity contribution in [2.24, 2.45) is 0 Å². The maximum absolute atomic E-state index is 12.4. The van der Waals surface area contributed by atoms with Gasteiger partial charge in [0.2, 0.25) is 0 Å². The van der Waals surface area contributed by atoms with Crippen molar-refractivity contribution >= 4 is 5.97 Å². The van der Waals surface area contributed by atoms with Crippen LogP contribution in [0.3, 0.4) is 0 Å². The SMILES string of the molecule is CCOC(=O)c1cc(-c2ccccc2)oc1-c1ccc(OC)c(OC)c1. The largest absolute Gasteiger partial charge is 0.493 e. The van der Waals surface area contributed by atoms with Crippen LogP contribution in [0.15, 0.2) is 59.0 Å². The van der Waals surface area contributed by atoms with Gasteiger partial charge in [-0.3, -0.25) is 0 Å². The standard InChI is InChI=1S/C21H20O5/c1-4-25-21(22)16-13-18(14-8-6-5-7-9-14)26-20(16)15-10-11-17(23-2)19(12-15)24-3/h5-13H,4H2,1-3H3. The van der Waals surface area contributed by atoms with Gasteiger partial charge in [0.25, 0.3) is 0 Å². The van der Waals surface area contributed by atoms with E-state index in [9.17, 15) is 4.79 Å². The molecule has 0 aliphatic heterocycles. The Hall–Kier alpha value is -3.21. The third-order valence-corrected chi connectivity index (χ3v) is 3.93. The fourth-order valence-electron chi connectivity index (χ4n) is 2.69. The summed E-state index contributed by atoms with van der Waals surface area (Å²) in [7, 11) is 3.13. The lowest BCUT2D eigenvalue weighted by molar-refractivity contribution is 0.0526. The van der Waals surface area contributed by atoms with E-state index in [1.807, 2.05) is 36.4 Å². The highest BCUT2D eigenvalue weighted by atomic mass is 16.5. The van der Waals surface area contributed by atoms with Crippen molar-refractivity contribution in [2.45, 2.75) is 6.92 Å². The second-order valence-electron chi connectivity index (χ2n) is 5.51. The summed E-state index contributed by atoms with van der Waals surface area (Å²) in [6.45, 7) is 2.06. The van der Waals surface area contributed by atoms with Crippen molar-refractivity contribution in [1.29, 1.82) is 0 Å². The second-order valence-corrected chi connectivity index (χ2v) is 5.51. The van der Waals surface area contributed by atoms with E-state index in [1.165, 1.54) is 0 Å². The van der Waals surface area contributed by atoms with Gasteiger partial charge in [-0.1, -0.05) is 30.3 Å². The molecule has 0 amide bonds. The molecule has 0 spiro atoms. The lowest BCUT2D eigenvalue weighted by Crippen LogP contribution is -2.04. The first-order valence-electron chi connectivity index (χ1n) is 8.26. The molecule has 26 heavy (non-hydrogen) atoms. The molecule has 1 heterocycles. The van der Waals surface area contributed by atoms with Crippen LogP contribution in [0.4, 0.5) is 0 Å². The molecule has 1 aromatic heterocycles. The average Bonchev–Trinajstić information content (AvgIpc) is 3.14. The number of hydrogen-bond donors (Lipinski definition) is 0. The van der Waals surface area contributed by atoms with Crippen molar-refractivity contribution in [3.05, 3.63) is 60.2 Å². The summed E-state index contributed by atoms with van der Waals surface area (Å²) in [4.78, 5) is 12.4. The molecule has 0 saturated heterocycles. The predicted molar refractivity (Wildman–Crippen MR) is 98.6 cm³/mol. The topological polar surface area (TPSA) is 57.9 Å². The third kappa shape index (κ3) is 3.42. The molecule has 0 aliphatic carbocycles. The number of benzene rings is 2. The van der Waals surface area contributed by atoms with Crippen LogP contribution in [0.2, 0.25) is 0 Å². The van der Waals surface area contributed by atoms with Crippen molar-refractivity contribution in [1.82, 2.24) is 0 Å². The molecule has 0 aliphatic rings.